The number of nitrogens with zero attached hydrogens (tertiary/aromatic N) is 3. The van der Waals surface area contributed by atoms with Gasteiger partial charge >= 0.3 is 0 Å². The van der Waals surface area contributed by atoms with Gasteiger partial charge in [-0.15, -0.1) is 10.2 Å². The summed E-state index contributed by atoms with van der Waals surface area (Å²) in [5.41, 5.74) is 2.22. The maximum absolute atomic E-state index is 5.80. The van der Waals surface area contributed by atoms with Crippen LogP contribution < -0.4 is 0 Å². The Balaban J connectivity index is 1.71. The Kier molecular flexibility index (Phi) is 3.83. The number of benzene rings is 1. The highest BCUT2D eigenvalue weighted by atomic mass is 16.4. The molecule has 0 bridgehead atoms. The average Bonchev–Trinajstić information content (AvgIpc) is 2.91. The SMILES string of the molecule is Cc1ccc(-c2nnc(CN3CCCC[C@@H]3C)o2)cc1. The average molecular weight is 271 g/mol. The number of rotatable bonds is 3. The largest absolute Gasteiger partial charge is 0.419 e. The van der Waals surface area contributed by atoms with Crippen molar-refractivity contribution in [1.29, 1.82) is 0 Å². The minimum atomic E-state index is 0.610. The van der Waals surface area contributed by atoms with Crippen molar-refractivity contribution in [1.82, 2.24) is 15.1 Å². The molecule has 1 aromatic carbocycles. The van der Waals surface area contributed by atoms with Crippen LogP contribution in [-0.4, -0.2) is 27.7 Å². The van der Waals surface area contributed by atoms with Gasteiger partial charge in [-0.3, -0.25) is 4.90 Å². The van der Waals surface area contributed by atoms with Crippen LogP contribution in [0.1, 0.15) is 37.6 Å². The van der Waals surface area contributed by atoms with Crippen LogP contribution in [-0.2, 0) is 6.54 Å². The summed E-state index contributed by atoms with van der Waals surface area (Å²) < 4.78 is 5.80. The smallest absolute Gasteiger partial charge is 0.247 e. The highest BCUT2D eigenvalue weighted by Gasteiger charge is 2.20. The maximum atomic E-state index is 5.80. The van der Waals surface area contributed by atoms with Crippen molar-refractivity contribution in [2.45, 2.75) is 45.7 Å². The van der Waals surface area contributed by atoms with Crippen LogP contribution in [0.2, 0.25) is 0 Å². The van der Waals surface area contributed by atoms with E-state index in [1.807, 2.05) is 12.1 Å². The van der Waals surface area contributed by atoms with Gasteiger partial charge in [0.05, 0.1) is 6.54 Å². The van der Waals surface area contributed by atoms with Crippen molar-refractivity contribution < 1.29 is 4.42 Å². The van der Waals surface area contributed by atoms with E-state index in [-0.39, 0.29) is 0 Å². The standard InChI is InChI=1S/C16H21N3O/c1-12-6-8-14(9-7-12)16-18-17-15(20-16)11-19-10-4-3-5-13(19)2/h6-9,13H,3-5,10-11H2,1-2H3/t13-/m0/s1. The van der Waals surface area contributed by atoms with Crippen LogP contribution in [0.25, 0.3) is 11.5 Å². The quantitative estimate of drug-likeness (QED) is 0.858. The van der Waals surface area contributed by atoms with Crippen molar-refractivity contribution in [2.75, 3.05) is 6.54 Å². The number of hydrogen-bond donors (Lipinski definition) is 0. The van der Waals surface area contributed by atoms with E-state index in [0.717, 1.165) is 18.7 Å². The Hall–Kier alpha value is -1.68. The number of likely N-dealkylation sites (tertiary alicyclic amines) is 1. The van der Waals surface area contributed by atoms with Crippen molar-refractivity contribution in [3.63, 3.8) is 0 Å². The monoisotopic (exact) mass is 271 g/mol. The minimum Gasteiger partial charge on any atom is -0.419 e. The van der Waals surface area contributed by atoms with Crippen LogP contribution in [0.4, 0.5) is 0 Å². The molecule has 3 rings (SSSR count). The fraction of sp³-hybridized carbons (Fsp3) is 0.500. The molecule has 106 valence electrons. The number of aryl methyl sites for hydroxylation is 1. The normalized spacial score (nSPS) is 20.2. The highest BCUT2D eigenvalue weighted by Crippen LogP contribution is 2.21. The Bertz CT molecular complexity index is 561. The summed E-state index contributed by atoms with van der Waals surface area (Å²) in [6, 6.07) is 8.78. The van der Waals surface area contributed by atoms with Gasteiger partial charge < -0.3 is 4.42 Å². The molecule has 4 heteroatoms. The van der Waals surface area contributed by atoms with Crippen LogP contribution in [0.15, 0.2) is 28.7 Å². The zero-order valence-electron chi connectivity index (χ0n) is 12.2. The second-order valence-electron chi connectivity index (χ2n) is 5.68. The third-order valence-corrected chi connectivity index (χ3v) is 4.04. The number of hydrogen-bond acceptors (Lipinski definition) is 4. The van der Waals surface area contributed by atoms with Crippen molar-refractivity contribution >= 4 is 0 Å². The summed E-state index contributed by atoms with van der Waals surface area (Å²) in [5, 5.41) is 8.35. The van der Waals surface area contributed by atoms with Gasteiger partial charge in [-0.1, -0.05) is 24.1 Å². The summed E-state index contributed by atoms with van der Waals surface area (Å²) in [6.45, 7) is 6.24. The predicted molar refractivity (Wildman–Crippen MR) is 78.2 cm³/mol. The van der Waals surface area contributed by atoms with E-state index < -0.39 is 0 Å². The summed E-state index contributed by atoms with van der Waals surface area (Å²) in [5.74, 6) is 1.33. The lowest BCUT2D eigenvalue weighted by atomic mass is 10.0. The number of piperidine rings is 1. The molecular weight excluding hydrogens is 250 g/mol. The fourth-order valence-electron chi connectivity index (χ4n) is 2.70. The molecule has 0 radical (unpaired) electrons. The minimum absolute atomic E-state index is 0.610. The zero-order valence-corrected chi connectivity index (χ0v) is 12.2. The molecule has 1 saturated heterocycles. The highest BCUT2D eigenvalue weighted by molar-refractivity contribution is 5.52. The molecule has 1 aromatic heterocycles. The number of aromatic nitrogens is 2. The third-order valence-electron chi connectivity index (χ3n) is 4.04. The molecule has 2 aromatic rings. The molecule has 0 spiro atoms. The second kappa shape index (κ2) is 5.75. The molecule has 4 nitrogen and oxygen atoms in total. The molecule has 1 atom stereocenters. The van der Waals surface area contributed by atoms with E-state index in [2.05, 4.69) is 41.1 Å². The summed E-state index contributed by atoms with van der Waals surface area (Å²) in [4.78, 5) is 2.43. The van der Waals surface area contributed by atoms with Gasteiger partial charge in [-0.25, -0.2) is 0 Å². The van der Waals surface area contributed by atoms with E-state index in [4.69, 9.17) is 4.42 Å². The maximum Gasteiger partial charge on any atom is 0.247 e. The molecule has 20 heavy (non-hydrogen) atoms. The molecule has 2 heterocycles. The van der Waals surface area contributed by atoms with Crippen molar-refractivity contribution in [3.8, 4) is 11.5 Å². The van der Waals surface area contributed by atoms with Crippen LogP contribution in [0.3, 0.4) is 0 Å². The van der Waals surface area contributed by atoms with Crippen LogP contribution in [0, 0.1) is 6.92 Å². The van der Waals surface area contributed by atoms with Gasteiger partial charge in [0, 0.05) is 11.6 Å². The van der Waals surface area contributed by atoms with E-state index >= 15 is 0 Å². The van der Waals surface area contributed by atoms with Crippen LogP contribution in [0.5, 0.6) is 0 Å². The third kappa shape index (κ3) is 2.90. The molecule has 1 fully saturated rings. The Labute approximate surface area is 119 Å². The van der Waals surface area contributed by atoms with Gasteiger partial charge in [-0.05, 0) is 45.4 Å². The van der Waals surface area contributed by atoms with Gasteiger partial charge in [0.2, 0.25) is 11.8 Å². The molecule has 1 aliphatic heterocycles. The zero-order chi connectivity index (χ0) is 13.9. The lowest BCUT2D eigenvalue weighted by Gasteiger charge is -2.31. The van der Waals surface area contributed by atoms with Gasteiger partial charge in [0.1, 0.15) is 0 Å². The van der Waals surface area contributed by atoms with E-state index in [1.165, 1.54) is 24.8 Å². The summed E-state index contributed by atoms with van der Waals surface area (Å²) in [6.07, 6.45) is 3.86. The lowest BCUT2D eigenvalue weighted by Crippen LogP contribution is -2.36. The lowest BCUT2D eigenvalue weighted by molar-refractivity contribution is 0.139. The summed E-state index contributed by atoms with van der Waals surface area (Å²) >= 11 is 0. The first-order valence-electron chi connectivity index (χ1n) is 7.36. The molecule has 0 amide bonds. The van der Waals surface area contributed by atoms with Gasteiger partial charge in [0.15, 0.2) is 0 Å². The second-order valence-corrected chi connectivity index (χ2v) is 5.68. The van der Waals surface area contributed by atoms with E-state index in [0.29, 0.717) is 17.8 Å². The first-order chi connectivity index (χ1) is 9.72. The van der Waals surface area contributed by atoms with E-state index in [9.17, 15) is 0 Å². The molecular formula is C16H21N3O. The predicted octanol–water partition coefficient (Wildman–Crippen LogP) is 3.42. The van der Waals surface area contributed by atoms with E-state index in [1.54, 1.807) is 0 Å². The molecule has 0 saturated carbocycles. The molecule has 0 unspecified atom stereocenters. The molecule has 0 N–H and O–H groups in total. The molecule has 1 aliphatic rings. The Morgan fingerprint density at radius 1 is 1.20 bits per heavy atom. The Morgan fingerprint density at radius 2 is 2.00 bits per heavy atom. The van der Waals surface area contributed by atoms with Crippen LogP contribution >= 0.6 is 0 Å². The Morgan fingerprint density at radius 3 is 2.75 bits per heavy atom. The molecule has 0 aliphatic carbocycles. The fourth-order valence-corrected chi connectivity index (χ4v) is 2.70. The van der Waals surface area contributed by atoms with Gasteiger partial charge in [-0.2, -0.15) is 0 Å². The topological polar surface area (TPSA) is 42.2 Å². The van der Waals surface area contributed by atoms with Gasteiger partial charge in [0.25, 0.3) is 0 Å². The summed E-state index contributed by atoms with van der Waals surface area (Å²) in [7, 11) is 0. The van der Waals surface area contributed by atoms with Crippen molar-refractivity contribution in [2.24, 2.45) is 0 Å². The van der Waals surface area contributed by atoms with Crippen molar-refractivity contribution in [3.05, 3.63) is 35.7 Å². The first-order valence-corrected chi connectivity index (χ1v) is 7.36. The first kappa shape index (κ1) is 13.3.